The number of esters is 1. The Morgan fingerprint density at radius 1 is 1.16 bits per heavy atom. The van der Waals surface area contributed by atoms with Crippen LogP contribution in [0.1, 0.15) is 79.1 Å². The van der Waals surface area contributed by atoms with Gasteiger partial charge in [-0.3, -0.25) is 9.69 Å². The van der Waals surface area contributed by atoms with Crippen molar-refractivity contribution >= 4 is 33.5 Å². The van der Waals surface area contributed by atoms with Crippen LogP contribution in [-0.2, 0) is 22.6 Å². The molecule has 2 aromatic heterocycles. The molecule has 1 saturated carbocycles. The zero-order valence-corrected chi connectivity index (χ0v) is 23.5. The normalized spacial score (nSPS) is 19.0. The van der Waals surface area contributed by atoms with E-state index in [9.17, 15) is 14.7 Å². The minimum atomic E-state index is -0.927. The second-order valence-electron chi connectivity index (χ2n) is 11.0. The van der Waals surface area contributed by atoms with E-state index < -0.39 is 5.97 Å². The highest BCUT2D eigenvalue weighted by Crippen LogP contribution is 2.47. The zero-order valence-electron chi connectivity index (χ0n) is 22.7. The lowest BCUT2D eigenvalue weighted by atomic mass is 9.82. The number of aromatic nitrogens is 1. The van der Waals surface area contributed by atoms with Crippen molar-refractivity contribution < 1.29 is 19.4 Å². The molecule has 2 fully saturated rings. The van der Waals surface area contributed by atoms with Crippen LogP contribution < -0.4 is 5.32 Å². The quantitative estimate of drug-likeness (QED) is 0.333. The fraction of sp³-hybridized carbons (Fsp3) is 0.533. The average Bonchev–Trinajstić information content (AvgIpc) is 3.63. The first kappa shape index (κ1) is 26.9. The van der Waals surface area contributed by atoms with Crippen molar-refractivity contribution in [2.24, 2.45) is 0 Å². The molecule has 3 aromatic rings. The largest absolute Gasteiger partial charge is 0.477 e. The number of nitrogens with one attached hydrogen (secondary N) is 1. The SMILES string of the molecule is COC(=O)Cn1c(-c2ccccc2CN[C@H]2CCN(C(C)C)C2)c(C2CCCCC2)c2sc(C(=O)O)cc21. The van der Waals surface area contributed by atoms with Gasteiger partial charge in [-0.25, -0.2) is 4.79 Å². The van der Waals surface area contributed by atoms with Gasteiger partial charge >= 0.3 is 11.9 Å². The highest BCUT2D eigenvalue weighted by molar-refractivity contribution is 7.21. The third-order valence-corrected chi connectivity index (χ3v) is 9.46. The van der Waals surface area contributed by atoms with Crippen LogP contribution in [0.2, 0.25) is 0 Å². The fourth-order valence-electron chi connectivity index (χ4n) is 6.25. The molecule has 1 saturated heterocycles. The van der Waals surface area contributed by atoms with Crippen molar-refractivity contribution in [3.05, 3.63) is 46.3 Å². The molecule has 1 aliphatic carbocycles. The van der Waals surface area contributed by atoms with E-state index in [-0.39, 0.29) is 12.5 Å². The number of carbonyl (C=O) groups is 2. The first-order valence-corrected chi connectivity index (χ1v) is 14.7. The van der Waals surface area contributed by atoms with Crippen LogP contribution in [0, 0.1) is 0 Å². The summed E-state index contributed by atoms with van der Waals surface area (Å²) in [5.74, 6) is -0.920. The molecule has 0 spiro atoms. The second-order valence-corrected chi connectivity index (χ2v) is 12.1. The number of likely N-dealkylation sites (tertiary alicyclic amines) is 1. The van der Waals surface area contributed by atoms with Gasteiger partial charge in [-0.1, -0.05) is 43.5 Å². The van der Waals surface area contributed by atoms with Gasteiger partial charge < -0.3 is 19.7 Å². The number of methoxy groups -OCH3 is 1. The minimum Gasteiger partial charge on any atom is -0.477 e. The summed E-state index contributed by atoms with van der Waals surface area (Å²) in [6, 6.07) is 11.2. The molecule has 2 N–H and O–H groups in total. The van der Waals surface area contributed by atoms with Crippen LogP contribution in [0.5, 0.6) is 0 Å². The van der Waals surface area contributed by atoms with E-state index in [4.69, 9.17) is 4.74 Å². The van der Waals surface area contributed by atoms with Crippen molar-refractivity contribution in [2.75, 3.05) is 20.2 Å². The second kappa shape index (κ2) is 11.6. The van der Waals surface area contributed by atoms with Gasteiger partial charge in [0.1, 0.15) is 11.4 Å². The maximum absolute atomic E-state index is 12.6. The number of benzene rings is 1. The molecule has 0 radical (unpaired) electrons. The predicted molar refractivity (Wildman–Crippen MR) is 152 cm³/mol. The summed E-state index contributed by atoms with van der Waals surface area (Å²) in [5, 5.41) is 13.6. The molecule has 0 unspecified atom stereocenters. The number of hydrogen-bond acceptors (Lipinski definition) is 6. The zero-order chi connectivity index (χ0) is 26.8. The van der Waals surface area contributed by atoms with E-state index in [1.165, 1.54) is 48.8 Å². The van der Waals surface area contributed by atoms with E-state index in [1.54, 1.807) is 6.07 Å². The monoisotopic (exact) mass is 537 g/mol. The van der Waals surface area contributed by atoms with Gasteiger partial charge in [0.2, 0.25) is 0 Å². The Kier molecular flexibility index (Phi) is 8.21. The van der Waals surface area contributed by atoms with Crippen molar-refractivity contribution in [1.29, 1.82) is 0 Å². The Morgan fingerprint density at radius 2 is 1.92 bits per heavy atom. The number of ether oxygens (including phenoxy) is 1. The molecule has 0 amide bonds. The number of hydrogen-bond donors (Lipinski definition) is 2. The van der Waals surface area contributed by atoms with Gasteiger partial charge in [-0.15, -0.1) is 11.3 Å². The number of thiophene rings is 1. The summed E-state index contributed by atoms with van der Waals surface area (Å²) >= 11 is 1.34. The number of aromatic carboxylic acids is 1. The molecule has 1 aliphatic heterocycles. The van der Waals surface area contributed by atoms with Gasteiger partial charge in [-0.2, -0.15) is 0 Å². The van der Waals surface area contributed by atoms with Crippen molar-refractivity contribution in [2.45, 2.75) is 83.5 Å². The maximum Gasteiger partial charge on any atom is 0.345 e. The highest BCUT2D eigenvalue weighted by atomic mass is 32.1. The summed E-state index contributed by atoms with van der Waals surface area (Å²) < 4.78 is 8.10. The van der Waals surface area contributed by atoms with Gasteiger partial charge in [-0.05, 0) is 62.8 Å². The molecule has 3 heterocycles. The van der Waals surface area contributed by atoms with Crippen LogP contribution in [0.25, 0.3) is 21.5 Å². The standard InChI is InChI=1S/C30H39N3O4S/c1-19(2)32-14-13-22(17-32)31-16-21-11-7-8-12-23(21)28-27(20-9-5-4-6-10-20)29-24(15-25(38-29)30(35)36)33(28)18-26(34)37-3/h7-8,11-12,15,19-20,22,31H,4-6,9-10,13-14,16-18H2,1-3H3,(H,35,36)/t22-/m0/s1. The van der Waals surface area contributed by atoms with Crippen LogP contribution in [0.15, 0.2) is 30.3 Å². The van der Waals surface area contributed by atoms with E-state index in [0.29, 0.717) is 22.9 Å². The minimum absolute atomic E-state index is 0.0541. The summed E-state index contributed by atoms with van der Waals surface area (Å²) in [6.45, 7) is 7.47. The Morgan fingerprint density at radius 3 is 2.61 bits per heavy atom. The maximum atomic E-state index is 12.6. The fourth-order valence-corrected chi connectivity index (χ4v) is 7.38. The van der Waals surface area contributed by atoms with Crippen LogP contribution >= 0.6 is 11.3 Å². The predicted octanol–water partition coefficient (Wildman–Crippen LogP) is 5.86. The lowest BCUT2D eigenvalue weighted by Crippen LogP contribution is -2.34. The molecule has 7 nitrogen and oxygen atoms in total. The summed E-state index contributed by atoms with van der Waals surface area (Å²) in [4.78, 5) is 27.4. The Labute approximate surface area is 228 Å². The first-order valence-electron chi connectivity index (χ1n) is 13.9. The number of rotatable bonds is 9. The van der Waals surface area contributed by atoms with Crippen molar-refractivity contribution in [3.63, 3.8) is 0 Å². The van der Waals surface area contributed by atoms with Crippen LogP contribution in [-0.4, -0.2) is 58.8 Å². The topological polar surface area (TPSA) is 83.8 Å². The summed E-state index contributed by atoms with van der Waals surface area (Å²) in [5.41, 5.74) is 5.39. The van der Waals surface area contributed by atoms with Crippen LogP contribution in [0.4, 0.5) is 0 Å². The Hall–Kier alpha value is -2.68. The third-order valence-electron chi connectivity index (χ3n) is 8.32. The van der Waals surface area contributed by atoms with Crippen molar-refractivity contribution in [3.8, 4) is 11.3 Å². The average molecular weight is 538 g/mol. The number of nitrogens with zero attached hydrogens (tertiary/aromatic N) is 2. The smallest absolute Gasteiger partial charge is 0.345 e. The molecule has 5 rings (SSSR count). The Balaban J connectivity index is 1.60. The van der Waals surface area contributed by atoms with Crippen LogP contribution in [0.3, 0.4) is 0 Å². The van der Waals surface area contributed by atoms with Gasteiger partial charge in [0, 0.05) is 30.7 Å². The summed E-state index contributed by atoms with van der Waals surface area (Å²) in [6.07, 6.45) is 6.87. The van der Waals surface area contributed by atoms with E-state index in [2.05, 4.69) is 48.3 Å². The number of carboxylic acids is 1. The van der Waals surface area contributed by atoms with E-state index in [0.717, 1.165) is 60.4 Å². The van der Waals surface area contributed by atoms with Gasteiger partial charge in [0.05, 0.1) is 23.0 Å². The molecule has 38 heavy (non-hydrogen) atoms. The van der Waals surface area contributed by atoms with E-state index >= 15 is 0 Å². The molecule has 2 aliphatic rings. The highest BCUT2D eigenvalue weighted by Gasteiger charge is 2.31. The number of fused-ring (bicyclic) bond motifs is 1. The van der Waals surface area contributed by atoms with Crippen molar-refractivity contribution in [1.82, 2.24) is 14.8 Å². The molecule has 1 atom stereocenters. The molecule has 0 bridgehead atoms. The lowest BCUT2D eigenvalue weighted by molar-refractivity contribution is -0.141. The number of carbonyl (C=O) groups excluding carboxylic acids is 1. The number of carboxylic acid groups (broad SMARTS) is 1. The first-order chi connectivity index (χ1) is 18.4. The lowest BCUT2D eigenvalue weighted by Gasteiger charge is -2.25. The molecule has 204 valence electrons. The van der Waals surface area contributed by atoms with Gasteiger partial charge in [0.25, 0.3) is 0 Å². The molecule has 8 heteroatoms. The van der Waals surface area contributed by atoms with Gasteiger partial charge in [0.15, 0.2) is 0 Å². The van der Waals surface area contributed by atoms with E-state index in [1.807, 2.05) is 4.57 Å². The third kappa shape index (κ3) is 5.40. The molecule has 1 aromatic carbocycles. The Bertz CT molecular complexity index is 1300. The molecular formula is C30H39N3O4S. The summed E-state index contributed by atoms with van der Waals surface area (Å²) in [7, 11) is 1.40. The molecular weight excluding hydrogens is 498 g/mol.